The van der Waals surface area contributed by atoms with Gasteiger partial charge in [-0.05, 0) is 30.5 Å². The third-order valence-electron chi connectivity index (χ3n) is 3.39. The Morgan fingerprint density at radius 3 is 2.11 bits per heavy atom. The van der Waals surface area contributed by atoms with Crippen LogP contribution in [-0.2, 0) is 0 Å². The maximum atomic E-state index is 13.0. The molecule has 0 aromatic heterocycles. The Hall–Kier alpha value is -1.29. The van der Waals surface area contributed by atoms with Crippen LogP contribution in [0, 0.1) is 5.82 Å². The average Bonchev–Trinajstić information content (AvgIpc) is 2.33. The monoisotopic (exact) mass is 255 g/mol. The van der Waals surface area contributed by atoms with Crippen molar-refractivity contribution >= 4 is 6.08 Å². The van der Waals surface area contributed by atoms with Gasteiger partial charge in [0.25, 0.3) is 0 Å². The summed E-state index contributed by atoms with van der Waals surface area (Å²) in [6.45, 7) is 0. The van der Waals surface area contributed by atoms with E-state index in [1.165, 1.54) is 12.1 Å². The summed E-state index contributed by atoms with van der Waals surface area (Å²) in [6, 6.07) is 5.98. The molecule has 0 aliphatic heterocycles. The molecule has 1 aromatic rings. The van der Waals surface area contributed by atoms with E-state index in [9.17, 15) is 13.2 Å². The molecule has 1 aromatic carbocycles. The lowest BCUT2D eigenvalue weighted by molar-refractivity contribution is -0.0449. The zero-order valence-corrected chi connectivity index (χ0v) is 10.0. The fraction of sp³-hybridized carbons (Fsp3) is 0.429. The standard InChI is InChI=1S/C14H16F3N/c15-12-3-1-11(2-4-12)5-6-13(18)7-9-14(16,17)10-8-13/h1-6H,7-10,18H2/b6-5+. The van der Waals surface area contributed by atoms with Gasteiger partial charge in [-0.3, -0.25) is 0 Å². The van der Waals surface area contributed by atoms with E-state index in [-0.39, 0.29) is 31.5 Å². The summed E-state index contributed by atoms with van der Waals surface area (Å²) < 4.78 is 38.8. The lowest BCUT2D eigenvalue weighted by Crippen LogP contribution is -2.44. The predicted octanol–water partition coefficient (Wildman–Crippen LogP) is 3.75. The summed E-state index contributed by atoms with van der Waals surface area (Å²) in [5.41, 5.74) is 6.21. The van der Waals surface area contributed by atoms with E-state index in [4.69, 9.17) is 5.73 Å². The molecule has 18 heavy (non-hydrogen) atoms. The van der Waals surface area contributed by atoms with Crippen LogP contribution >= 0.6 is 0 Å². The van der Waals surface area contributed by atoms with E-state index in [0.717, 1.165) is 5.56 Å². The van der Waals surface area contributed by atoms with E-state index in [1.54, 1.807) is 24.3 Å². The third kappa shape index (κ3) is 3.35. The summed E-state index contributed by atoms with van der Waals surface area (Å²) in [6.07, 6.45) is 3.74. The van der Waals surface area contributed by atoms with Crippen molar-refractivity contribution < 1.29 is 13.2 Å². The van der Waals surface area contributed by atoms with Crippen LogP contribution in [0.15, 0.2) is 30.3 Å². The molecular weight excluding hydrogens is 239 g/mol. The molecule has 0 radical (unpaired) electrons. The second-order valence-electron chi connectivity index (χ2n) is 4.97. The quantitative estimate of drug-likeness (QED) is 0.855. The van der Waals surface area contributed by atoms with Crippen LogP contribution in [0.1, 0.15) is 31.2 Å². The van der Waals surface area contributed by atoms with E-state index < -0.39 is 11.5 Å². The van der Waals surface area contributed by atoms with Crippen molar-refractivity contribution in [2.75, 3.05) is 0 Å². The number of alkyl halides is 2. The number of halogens is 3. The molecule has 1 nitrogen and oxygen atoms in total. The third-order valence-corrected chi connectivity index (χ3v) is 3.39. The molecule has 1 fully saturated rings. The maximum absolute atomic E-state index is 13.0. The molecule has 0 saturated heterocycles. The first-order valence-corrected chi connectivity index (χ1v) is 6.00. The van der Waals surface area contributed by atoms with Gasteiger partial charge in [0.2, 0.25) is 5.92 Å². The minimum absolute atomic E-state index is 0.169. The number of hydrogen-bond donors (Lipinski definition) is 1. The van der Waals surface area contributed by atoms with Gasteiger partial charge >= 0.3 is 0 Å². The van der Waals surface area contributed by atoms with Crippen LogP contribution in [-0.4, -0.2) is 11.5 Å². The number of rotatable bonds is 2. The number of hydrogen-bond acceptors (Lipinski definition) is 1. The molecule has 1 saturated carbocycles. The Bertz CT molecular complexity index is 427. The summed E-state index contributed by atoms with van der Waals surface area (Å²) >= 11 is 0. The summed E-state index contributed by atoms with van der Waals surface area (Å²) in [7, 11) is 0. The van der Waals surface area contributed by atoms with Crippen LogP contribution in [0.3, 0.4) is 0 Å². The molecule has 2 rings (SSSR count). The molecule has 1 aliphatic carbocycles. The van der Waals surface area contributed by atoms with Gasteiger partial charge in [0.15, 0.2) is 0 Å². The normalized spacial score (nSPS) is 22.2. The lowest BCUT2D eigenvalue weighted by atomic mass is 9.80. The highest BCUT2D eigenvalue weighted by atomic mass is 19.3. The molecular formula is C14H16F3N. The van der Waals surface area contributed by atoms with Crippen molar-refractivity contribution in [3.8, 4) is 0 Å². The summed E-state index contributed by atoms with van der Waals surface area (Å²) in [5.74, 6) is -2.88. The molecule has 0 atom stereocenters. The van der Waals surface area contributed by atoms with Crippen LogP contribution < -0.4 is 5.73 Å². The first-order valence-electron chi connectivity index (χ1n) is 6.00. The van der Waals surface area contributed by atoms with Gasteiger partial charge in [0.05, 0.1) is 0 Å². The zero-order valence-electron chi connectivity index (χ0n) is 10.0. The van der Waals surface area contributed by atoms with E-state index >= 15 is 0 Å². The predicted molar refractivity (Wildman–Crippen MR) is 65.8 cm³/mol. The Labute approximate surface area is 104 Å². The highest BCUT2D eigenvalue weighted by molar-refractivity contribution is 5.50. The van der Waals surface area contributed by atoms with Crippen molar-refractivity contribution in [1.82, 2.24) is 0 Å². The van der Waals surface area contributed by atoms with Gasteiger partial charge in [-0.1, -0.05) is 24.3 Å². The second-order valence-corrected chi connectivity index (χ2v) is 4.97. The van der Waals surface area contributed by atoms with Crippen LogP contribution in [0.5, 0.6) is 0 Å². The van der Waals surface area contributed by atoms with Crippen molar-refractivity contribution in [1.29, 1.82) is 0 Å². The minimum Gasteiger partial charge on any atom is -0.322 e. The first kappa shape index (κ1) is 13.1. The molecule has 0 spiro atoms. The van der Waals surface area contributed by atoms with Gasteiger partial charge in [0, 0.05) is 18.4 Å². The molecule has 0 bridgehead atoms. The van der Waals surface area contributed by atoms with Gasteiger partial charge in [0.1, 0.15) is 5.82 Å². The number of benzene rings is 1. The summed E-state index contributed by atoms with van der Waals surface area (Å²) in [4.78, 5) is 0. The SMILES string of the molecule is NC1(/C=C/c2ccc(F)cc2)CCC(F)(F)CC1. The smallest absolute Gasteiger partial charge is 0.248 e. The van der Waals surface area contributed by atoms with Gasteiger partial charge in [-0.15, -0.1) is 0 Å². The fourth-order valence-corrected chi connectivity index (χ4v) is 2.08. The molecule has 1 aliphatic rings. The van der Waals surface area contributed by atoms with Gasteiger partial charge < -0.3 is 5.73 Å². The lowest BCUT2D eigenvalue weighted by Gasteiger charge is -2.34. The Balaban J connectivity index is 2.02. The fourth-order valence-electron chi connectivity index (χ4n) is 2.08. The maximum Gasteiger partial charge on any atom is 0.248 e. The van der Waals surface area contributed by atoms with Crippen molar-refractivity contribution in [2.24, 2.45) is 5.73 Å². The van der Waals surface area contributed by atoms with Crippen LogP contribution in [0.25, 0.3) is 6.08 Å². The van der Waals surface area contributed by atoms with Gasteiger partial charge in [-0.2, -0.15) is 0 Å². The topological polar surface area (TPSA) is 26.0 Å². The molecule has 4 heteroatoms. The minimum atomic E-state index is -2.58. The Morgan fingerprint density at radius 2 is 1.56 bits per heavy atom. The van der Waals surface area contributed by atoms with E-state index in [2.05, 4.69) is 0 Å². The molecule has 0 amide bonds. The zero-order chi connectivity index (χ0) is 13.2. The molecule has 98 valence electrons. The molecule has 2 N–H and O–H groups in total. The Kier molecular flexibility index (Phi) is 3.48. The van der Waals surface area contributed by atoms with E-state index in [0.29, 0.717) is 0 Å². The molecule has 0 heterocycles. The highest BCUT2D eigenvalue weighted by Gasteiger charge is 2.39. The van der Waals surface area contributed by atoms with E-state index in [1.807, 2.05) is 0 Å². The summed E-state index contributed by atoms with van der Waals surface area (Å²) in [5, 5.41) is 0. The first-order chi connectivity index (χ1) is 8.39. The van der Waals surface area contributed by atoms with Crippen LogP contribution in [0.4, 0.5) is 13.2 Å². The largest absolute Gasteiger partial charge is 0.322 e. The van der Waals surface area contributed by atoms with Crippen molar-refractivity contribution in [3.63, 3.8) is 0 Å². The number of nitrogens with two attached hydrogens (primary N) is 1. The second kappa shape index (κ2) is 4.76. The van der Waals surface area contributed by atoms with Crippen molar-refractivity contribution in [2.45, 2.75) is 37.1 Å². The Morgan fingerprint density at radius 1 is 1.00 bits per heavy atom. The van der Waals surface area contributed by atoms with Gasteiger partial charge in [-0.25, -0.2) is 13.2 Å². The van der Waals surface area contributed by atoms with Crippen LogP contribution in [0.2, 0.25) is 0 Å². The average molecular weight is 255 g/mol. The van der Waals surface area contributed by atoms with Crippen molar-refractivity contribution in [3.05, 3.63) is 41.7 Å². The highest BCUT2D eigenvalue weighted by Crippen LogP contribution is 2.38. The molecule has 0 unspecified atom stereocenters.